The van der Waals surface area contributed by atoms with Gasteiger partial charge in [0.1, 0.15) is 5.69 Å². The highest BCUT2D eigenvalue weighted by atomic mass is 16.2. The molecular formula is C14H23N3O. The van der Waals surface area contributed by atoms with Gasteiger partial charge in [-0.05, 0) is 44.4 Å². The first kappa shape index (κ1) is 13.1. The van der Waals surface area contributed by atoms with Crippen molar-refractivity contribution in [2.24, 2.45) is 11.7 Å². The Bertz CT molecular complexity index is 413. The Morgan fingerprint density at radius 3 is 3.00 bits per heavy atom. The standard InChI is InChI=1S/C14H23N3O/c1-3-17-9-5-8-13(17)14(18)16(2)12-7-4-6-11(12)10-15/h5,8-9,11-12H,3-4,6-7,10,15H2,1-2H3. The highest BCUT2D eigenvalue weighted by molar-refractivity contribution is 5.92. The van der Waals surface area contributed by atoms with Crippen LogP contribution in [0.1, 0.15) is 36.7 Å². The van der Waals surface area contributed by atoms with E-state index >= 15 is 0 Å². The lowest BCUT2D eigenvalue weighted by Crippen LogP contribution is -2.42. The summed E-state index contributed by atoms with van der Waals surface area (Å²) >= 11 is 0. The zero-order chi connectivity index (χ0) is 13.1. The molecular weight excluding hydrogens is 226 g/mol. The van der Waals surface area contributed by atoms with Crippen molar-refractivity contribution in [1.29, 1.82) is 0 Å². The number of carbonyl (C=O) groups excluding carboxylic acids is 1. The molecule has 4 heteroatoms. The molecule has 0 bridgehead atoms. The molecule has 2 atom stereocenters. The summed E-state index contributed by atoms with van der Waals surface area (Å²) in [5.74, 6) is 0.580. The van der Waals surface area contributed by atoms with Gasteiger partial charge in [0, 0.05) is 25.8 Å². The lowest BCUT2D eigenvalue weighted by Gasteiger charge is -2.29. The van der Waals surface area contributed by atoms with Crippen LogP contribution in [0, 0.1) is 5.92 Å². The molecule has 0 spiro atoms. The van der Waals surface area contributed by atoms with E-state index in [1.807, 2.05) is 34.8 Å². The first-order valence-corrected chi connectivity index (χ1v) is 6.81. The predicted molar refractivity (Wildman–Crippen MR) is 72.4 cm³/mol. The highest BCUT2D eigenvalue weighted by Crippen LogP contribution is 2.29. The van der Waals surface area contributed by atoms with Crippen LogP contribution in [-0.4, -0.2) is 35.0 Å². The summed E-state index contributed by atoms with van der Waals surface area (Å²) in [7, 11) is 1.91. The molecule has 1 amide bonds. The number of nitrogens with two attached hydrogens (primary N) is 1. The minimum atomic E-state index is 0.118. The van der Waals surface area contributed by atoms with Gasteiger partial charge in [-0.2, -0.15) is 0 Å². The van der Waals surface area contributed by atoms with Crippen LogP contribution in [0.25, 0.3) is 0 Å². The van der Waals surface area contributed by atoms with Crippen LogP contribution in [0.3, 0.4) is 0 Å². The minimum Gasteiger partial charge on any atom is -0.344 e. The first-order chi connectivity index (χ1) is 8.69. The molecule has 2 rings (SSSR count). The van der Waals surface area contributed by atoms with Gasteiger partial charge in [-0.1, -0.05) is 6.42 Å². The third-order valence-electron chi connectivity index (χ3n) is 4.13. The highest BCUT2D eigenvalue weighted by Gasteiger charge is 2.32. The van der Waals surface area contributed by atoms with Crippen molar-refractivity contribution in [2.75, 3.05) is 13.6 Å². The maximum atomic E-state index is 12.5. The second kappa shape index (κ2) is 5.57. The molecule has 1 aromatic rings. The van der Waals surface area contributed by atoms with E-state index in [1.54, 1.807) is 0 Å². The van der Waals surface area contributed by atoms with Crippen molar-refractivity contribution in [3.8, 4) is 0 Å². The van der Waals surface area contributed by atoms with Crippen LogP contribution in [-0.2, 0) is 6.54 Å². The smallest absolute Gasteiger partial charge is 0.270 e. The lowest BCUT2D eigenvalue weighted by atomic mass is 10.0. The maximum Gasteiger partial charge on any atom is 0.270 e. The summed E-state index contributed by atoms with van der Waals surface area (Å²) in [5.41, 5.74) is 6.57. The Morgan fingerprint density at radius 1 is 1.56 bits per heavy atom. The molecule has 1 heterocycles. The maximum absolute atomic E-state index is 12.5. The number of carbonyl (C=O) groups is 1. The number of aryl methyl sites for hydroxylation is 1. The monoisotopic (exact) mass is 249 g/mol. The first-order valence-electron chi connectivity index (χ1n) is 6.81. The Labute approximate surface area is 109 Å². The fourth-order valence-electron chi connectivity index (χ4n) is 3.02. The molecule has 0 aromatic carbocycles. The van der Waals surface area contributed by atoms with Gasteiger partial charge in [-0.15, -0.1) is 0 Å². The molecule has 0 saturated heterocycles. The topological polar surface area (TPSA) is 51.3 Å². The van der Waals surface area contributed by atoms with Crippen LogP contribution < -0.4 is 5.73 Å². The molecule has 1 fully saturated rings. The summed E-state index contributed by atoms with van der Waals surface area (Å²) in [4.78, 5) is 14.4. The number of nitrogens with zero attached hydrogens (tertiary/aromatic N) is 2. The Balaban J connectivity index is 2.13. The molecule has 100 valence electrons. The zero-order valence-electron chi connectivity index (χ0n) is 11.3. The van der Waals surface area contributed by atoms with E-state index in [4.69, 9.17) is 5.73 Å². The molecule has 2 unspecified atom stereocenters. The molecule has 4 nitrogen and oxygen atoms in total. The molecule has 1 aliphatic carbocycles. The van der Waals surface area contributed by atoms with Gasteiger partial charge in [-0.3, -0.25) is 4.79 Å². The van der Waals surface area contributed by atoms with Crippen molar-refractivity contribution >= 4 is 5.91 Å². The van der Waals surface area contributed by atoms with Gasteiger partial charge in [0.05, 0.1) is 0 Å². The van der Waals surface area contributed by atoms with Crippen LogP contribution >= 0.6 is 0 Å². The fraction of sp³-hybridized carbons (Fsp3) is 0.643. The van der Waals surface area contributed by atoms with Crippen LogP contribution in [0.4, 0.5) is 0 Å². The van der Waals surface area contributed by atoms with Crippen molar-refractivity contribution in [3.63, 3.8) is 0 Å². The second-order valence-corrected chi connectivity index (χ2v) is 5.09. The van der Waals surface area contributed by atoms with E-state index in [9.17, 15) is 4.79 Å². The summed E-state index contributed by atoms with van der Waals surface area (Å²) in [6.07, 6.45) is 5.36. The normalized spacial score (nSPS) is 23.3. The summed E-state index contributed by atoms with van der Waals surface area (Å²) in [6.45, 7) is 3.55. The van der Waals surface area contributed by atoms with Crippen molar-refractivity contribution in [3.05, 3.63) is 24.0 Å². The third kappa shape index (κ3) is 2.29. The van der Waals surface area contributed by atoms with Gasteiger partial charge in [-0.25, -0.2) is 0 Å². The SMILES string of the molecule is CCn1cccc1C(=O)N(C)C1CCCC1CN. The Kier molecular flexibility index (Phi) is 4.07. The minimum absolute atomic E-state index is 0.118. The second-order valence-electron chi connectivity index (χ2n) is 5.09. The number of rotatable bonds is 4. The van der Waals surface area contributed by atoms with E-state index in [0.717, 1.165) is 25.1 Å². The van der Waals surface area contributed by atoms with E-state index < -0.39 is 0 Å². The van der Waals surface area contributed by atoms with E-state index in [-0.39, 0.29) is 5.91 Å². The summed E-state index contributed by atoms with van der Waals surface area (Å²) in [5, 5.41) is 0. The van der Waals surface area contributed by atoms with E-state index in [0.29, 0.717) is 18.5 Å². The van der Waals surface area contributed by atoms with Crippen LogP contribution in [0.15, 0.2) is 18.3 Å². The molecule has 18 heavy (non-hydrogen) atoms. The Hall–Kier alpha value is -1.29. The summed E-state index contributed by atoms with van der Waals surface area (Å²) < 4.78 is 1.99. The molecule has 1 aromatic heterocycles. The van der Waals surface area contributed by atoms with Gasteiger partial charge in [0.15, 0.2) is 0 Å². The molecule has 1 saturated carbocycles. The van der Waals surface area contributed by atoms with Gasteiger partial charge >= 0.3 is 0 Å². The molecule has 0 radical (unpaired) electrons. The molecule has 0 aliphatic heterocycles. The van der Waals surface area contributed by atoms with Gasteiger partial charge in [0.2, 0.25) is 0 Å². The van der Waals surface area contributed by atoms with Crippen LogP contribution in [0.5, 0.6) is 0 Å². The van der Waals surface area contributed by atoms with E-state index in [1.165, 1.54) is 6.42 Å². The molecule has 1 aliphatic rings. The van der Waals surface area contributed by atoms with Crippen molar-refractivity contribution in [1.82, 2.24) is 9.47 Å². The fourth-order valence-corrected chi connectivity index (χ4v) is 3.02. The number of hydrogen-bond donors (Lipinski definition) is 1. The van der Waals surface area contributed by atoms with E-state index in [2.05, 4.69) is 6.92 Å². The third-order valence-corrected chi connectivity index (χ3v) is 4.13. The van der Waals surface area contributed by atoms with Crippen molar-refractivity contribution in [2.45, 2.75) is 38.8 Å². The zero-order valence-corrected chi connectivity index (χ0v) is 11.3. The van der Waals surface area contributed by atoms with Crippen molar-refractivity contribution < 1.29 is 4.79 Å². The summed E-state index contributed by atoms with van der Waals surface area (Å²) in [6, 6.07) is 4.14. The average Bonchev–Trinajstić information content (AvgIpc) is 3.04. The van der Waals surface area contributed by atoms with Gasteiger partial charge in [0.25, 0.3) is 5.91 Å². The quantitative estimate of drug-likeness (QED) is 0.883. The average molecular weight is 249 g/mol. The predicted octanol–water partition coefficient (Wildman–Crippen LogP) is 1.71. The largest absolute Gasteiger partial charge is 0.344 e. The number of aromatic nitrogens is 1. The number of amides is 1. The number of hydrogen-bond acceptors (Lipinski definition) is 2. The van der Waals surface area contributed by atoms with Gasteiger partial charge < -0.3 is 15.2 Å². The Morgan fingerprint density at radius 2 is 2.33 bits per heavy atom. The molecule has 2 N–H and O–H groups in total. The van der Waals surface area contributed by atoms with Crippen LogP contribution in [0.2, 0.25) is 0 Å². The lowest BCUT2D eigenvalue weighted by molar-refractivity contribution is 0.0689.